The monoisotopic (exact) mass is 416 g/mol. The average Bonchev–Trinajstić information content (AvgIpc) is 2.79. The van der Waals surface area contributed by atoms with Crippen LogP contribution in [0, 0.1) is 6.92 Å². The van der Waals surface area contributed by atoms with Crippen LogP contribution in [0.3, 0.4) is 0 Å². The third-order valence-electron chi connectivity index (χ3n) is 4.52. The molecule has 0 radical (unpaired) electrons. The van der Waals surface area contributed by atoms with Crippen molar-refractivity contribution in [3.8, 4) is 17.4 Å². The molecule has 0 aliphatic carbocycles. The highest BCUT2D eigenvalue weighted by Crippen LogP contribution is 2.32. The summed E-state index contributed by atoms with van der Waals surface area (Å²) in [7, 11) is 1.50. The van der Waals surface area contributed by atoms with Gasteiger partial charge in [-0.2, -0.15) is 4.98 Å². The number of hydrogen-bond acceptors (Lipinski definition) is 8. The standard InChI is InChI=1S/C22H20N6O3/c1-13-10-11-14-6-5-9-17(19(14)26-13)31-22-18(23)20(24-12-25-22)27-28-21(29)15-7-3-4-8-16(15)30-2/h3-12H,23H2,1-2H3,(H,28,29)(H,24,25,27). The molecule has 2 heterocycles. The first-order valence-corrected chi connectivity index (χ1v) is 9.41. The zero-order chi connectivity index (χ0) is 21.8. The summed E-state index contributed by atoms with van der Waals surface area (Å²) in [6.45, 7) is 1.90. The van der Waals surface area contributed by atoms with Crippen LogP contribution >= 0.6 is 0 Å². The largest absolute Gasteiger partial charge is 0.496 e. The van der Waals surface area contributed by atoms with Crippen LogP contribution in [0.25, 0.3) is 10.9 Å². The first kappa shape index (κ1) is 19.9. The highest BCUT2D eigenvalue weighted by Gasteiger charge is 2.15. The number of rotatable bonds is 6. The summed E-state index contributed by atoms with van der Waals surface area (Å²) in [5.41, 5.74) is 13.5. The summed E-state index contributed by atoms with van der Waals surface area (Å²) in [4.78, 5) is 25.2. The third kappa shape index (κ3) is 4.15. The number of nitrogens with one attached hydrogen (secondary N) is 2. The Balaban J connectivity index is 1.55. The van der Waals surface area contributed by atoms with Crippen LogP contribution in [0.1, 0.15) is 16.1 Å². The van der Waals surface area contributed by atoms with Crippen LogP contribution in [0.5, 0.6) is 17.4 Å². The Bertz CT molecular complexity index is 1260. The van der Waals surface area contributed by atoms with Gasteiger partial charge in [0.2, 0.25) is 5.88 Å². The second-order valence-electron chi connectivity index (χ2n) is 6.60. The van der Waals surface area contributed by atoms with Gasteiger partial charge < -0.3 is 15.2 Å². The zero-order valence-corrected chi connectivity index (χ0v) is 16.9. The lowest BCUT2D eigenvalue weighted by atomic mass is 10.2. The van der Waals surface area contributed by atoms with E-state index in [2.05, 4.69) is 25.8 Å². The Hall–Kier alpha value is -4.40. The first-order chi connectivity index (χ1) is 15.1. The maximum atomic E-state index is 12.5. The number of aryl methyl sites for hydroxylation is 1. The van der Waals surface area contributed by atoms with Gasteiger partial charge in [-0.3, -0.25) is 15.6 Å². The molecule has 4 aromatic rings. The fourth-order valence-electron chi connectivity index (χ4n) is 2.98. The predicted molar refractivity (Wildman–Crippen MR) is 117 cm³/mol. The number of amides is 1. The van der Waals surface area contributed by atoms with Crippen LogP contribution in [0.4, 0.5) is 11.5 Å². The predicted octanol–water partition coefficient (Wildman–Crippen LogP) is 3.47. The molecule has 9 nitrogen and oxygen atoms in total. The van der Waals surface area contributed by atoms with Crippen LogP contribution < -0.4 is 26.1 Å². The number of nitrogens with zero attached hydrogens (tertiary/aromatic N) is 3. The lowest BCUT2D eigenvalue weighted by Crippen LogP contribution is -2.30. The fourth-order valence-corrected chi connectivity index (χ4v) is 2.98. The van der Waals surface area contributed by atoms with Gasteiger partial charge in [0, 0.05) is 11.1 Å². The molecule has 0 spiro atoms. The molecule has 0 bridgehead atoms. The van der Waals surface area contributed by atoms with E-state index in [-0.39, 0.29) is 17.4 Å². The number of hydrogen-bond donors (Lipinski definition) is 3. The quantitative estimate of drug-likeness (QED) is 0.408. The molecule has 0 saturated heterocycles. The van der Waals surface area contributed by atoms with Crippen molar-refractivity contribution in [2.75, 3.05) is 18.3 Å². The SMILES string of the molecule is COc1ccccc1C(=O)NNc1ncnc(Oc2cccc3ccc(C)nc23)c1N. The number of methoxy groups -OCH3 is 1. The molecule has 2 aromatic heterocycles. The minimum Gasteiger partial charge on any atom is -0.496 e. The smallest absolute Gasteiger partial charge is 0.273 e. The molecule has 2 aromatic carbocycles. The molecule has 0 saturated carbocycles. The summed E-state index contributed by atoms with van der Waals surface area (Å²) in [6.07, 6.45) is 1.28. The maximum Gasteiger partial charge on any atom is 0.273 e. The van der Waals surface area contributed by atoms with Gasteiger partial charge >= 0.3 is 0 Å². The first-order valence-electron chi connectivity index (χ1n) is 9.41. The molecule has 4 rings (SSSR count). The molecule has 1 amide bonds. The van der Waals surface area contributed by atoms with Gasteiger partial charge in [0.1, 0.15) is 23.3 Å². The Morgan fingerprint density at radius 2 is 1.81 bits per heavy atom. The van der Waals surface area contributed by atoms with Crippen molar-refractivity contribution in [3.63, 3.8) is 0 Å². The van der Waals surface area contributed by atoms with Crippen LogP contribution in [0.2, 0.25) is 0 Å². The normalized spacial score (nSPS) is 10.5. The zero-order valence-electron chi connectivity index (χ0n) is 16.9. The number of carbonyl (C=O) groups excluding carboxylic acids is 1. The number of fused-ring (bicyclic) bond motifs is 1. The number of benzene rings is 2. The van der Waals surface area contributed by atoms with E-state index >= 15 is 0 Å². The van der Waals surface area contributed by atoms with Gasteiger partial charge in [0.15, 0.2) is 11.6 Å². The number of pyridine rings is 1. The fraction of sp³-hybridized carbons (Fsp3) is 0.0909. The van der Waals surface area contributed by atoms with Gasteiger partial charge in [-0.1, -0.05) is 30.3 Å². The van der Waals surface area contributed by atoms with Crippen LogP contribution in [-0.4, -0.2) is 28.0 Å². The molecule has 0 fully saturated rings. The summed E-state index contributed by atoms with van der Waals surface area (Å²) in [5, 5.41) is 0.929. The van der Waals surface area contributed by atoms with Crippen LogP contribution in [0.15, 0.2) is 60.9 Å². The molecule has 0 aliphatic rings. The van der Waals surface area contributed by atoms with E-state index in [1.165, 1.54) is 13.4 Å². The van der Waals surface area contributed by atoms with Gasteiger partial charge in [0.05, 0.1) is 12.7 Å². The summed E-state index contributed by atoms with van der Waals surface area (Å²) >= 11 is 0. The van der Waals surface area contributed by atoms with E-state index in [4.69, 9.17) is 15.2 Å². The number of nitrogens with two attached hydrogens (primary N) is 1. The second kappa shape index (κ2) is 8.54. The van der Waals surface area contributed by atoms with Crippen molar-refractivity contribution < 1.29 is 14.3 Å². The molecular weight excluding hydrogens is 396 g/mol. The topological polar surface area (TPSA) is 124 Å². The van der Waals surface area contributed by atoms with E-state index in [0.29, 0.717) is 22.6 Å². The lowest BCUT2D eigenvalue weighted by Gasteiger charge is -2.14. The van der Waals surface area contributed by atoms with E-state index in [1.54, 1.807) is 30.3 Å². The summed E-state index contributed by atoms with van der Waals surface area (Å²) < 4.78 is 11.1. The van der Waals surface area contributed by atoms with Gasteiger partial charge in [-0.25, -0.2) is 9.97 Å². The summed E-state index contributed by atoms with van der Waals surface area (Å²) in [5.74, 6) is 0.875. The van der Waals surface area contributed by atoms with E-state index < -0.39 is 5.91 Å². The van der Waals surface area contributed by atoms with E-state index in [0.717, 1.165) is 11.1 Å². The Kier molecular flexibility index (Phi) is 5.48. The number of anilines is 2. The van der Waals surface area contributed by atoms with Crippen LogP contribution in [-0.2, 0) is 0 Å². The Labute approximate surface area is 178 Å². The molecule has 0 atom stereocenters. The molecule has 9 heteroatoms. The number of hydrazine groups is 1. The van der Waals surface area contributed by atoms with Crippen molar-refractivity contribution in [1.29, 1.82) is 0 Å². The number of aromatic nitrogens is 3. The van der Waals surface area contributed by atoms with Crippen molar-refractivity contribution in [1.82, 2.24) is 20.4 Å². The molecule has 156 valence electrons. The van der Waals surface area contributed by atoms with Crippen molar-refractivity contribution in [3.05, 3.63) is 72.2 Å². The number of nitrogen functional groups attached to an aromatic ring is 1. The molecular formula is C22H20N6O3. The van der Waals surface area contributed by atoms with Gasteiger partial charge in [0.25, 0.3) is 5.91 Å². The minimum atomic E-state index is -0.411. The second-order valence-corrected chi connectivity index (χ2v) is 6.60. The number of ether oxygens (including phenoxy) is 2. The molecule has 0 unspecified atom stereocenters. The van der Waals surface area contributed by atoms with Crippen molar-refractivity contribution in [2.24, 2.45) is 0 Å². The van der Waals surface area contributed by atoms with Gasteiger partial charge in [-0.05, 0) is 31.2 Å². The van der Waals surface area contributed by atoms with Crippen molar-refractivity contribution >= 4 is 28.3 Å². The molecule has 4 N–H and O–H groups in total. The van der Waals surface area contributed by atoms with E-state index in [1.807, 2.05) is 31.2 Å². The van der Waals surface area contributed by atoms with Crippen molar-refractivity contribution in [2.45, 2.75) is 6.92 Å². The third-order valence-corrected chi connectivity index (χ3v) is 4.52. The molecule has 31 heavy (non-hydrogen) atoms. The number of para-hydroxylation sites is 2. The van der Waals surface area contributed by atoms with Gasteiger partial charge in [-0.15, -0.1) is 0 Å². The van der Waals surface area contributed by atoms with E-state index in [9.17, 15) is 4.79 Å². The highest BCUT2D eigenvalue weighted by atomic mass is 16.5. The molecule has 0 aliphatic heterocycles. The lowest BCUT2D eigenvalue weighted by molar-refractivity contribution is 0.0959. The Morgan fingerprint density at radius 1 is 1.00 bits per heavy atom. The number of carbonyl (C=O) groups is 1. The summed E-state index contributed by atoms with van der Waals surface area (Å²) in [6, 6.07) is 16.3. The Morgan fingerprint density at radius 3 is 2.65 bits per heavy atom. The average molecular weight is 416 g/mol. The minimum absolute atomic E-state index is 0.132. The highest BCUT2D eigenvalue weighted by molar-refractivity contribution is 5.97. The maximum absolute atomic E-state index is 12.5.